The molecule has 6 heteroatoms. The molecule has 0 bridgehead atoms. The van der Waals surface area contributed by atoms with Crippen molar-refractivity contribution in [2.75, 3.05) is 12.8 Å². The van der Waals surface area contributed by atoms with E-state index in [-0.39, 0.29) is 0 Å². The van der Waals surface area contributed by atoms with Crippen LogP contribution in [0.4, 0.5) is 5.82 Å². The number of hydrogen-bond acceptors (Lipinski definition) is 5. The molecule has 3 aromatic rings. The highest BCUT2D eigenvalue weighted by molar-refractivity contribution is 6.06. The van der Waals surface area contributed by atoms with Gasteiger partial charge in [-0.2, -0.15) is 5.06 Å². The fraction of sp³-hybridized carbons (Fsp3) is 0.375. The summed E-state index contributed by atoms with van der Waals surface area (Å²) in [6, 6.07) is 7.93. The first-order valence-corrected chi connectivity index (χ1v) is 7.40. The van der Waals surface area contributed by atoms with Gasteiger partial charge in [-0.05, 0) is 12.0 Å². The van der Waals surface area contributed by atoms with E-state index in [0.29, 0.717) is 23.8 Å². The van der Waals surface area contributed by atoms with Gasteiger partial charge in [0.05, 0.1) is 17.6 Å². The molecule has 3 N–H and O–H groups in total. The van der Waals surface area contributed by atoms with Crippen LogP contribution in [-0.2, 0) is 13.1 Å². The van der Waals surface area contributed by atoms with Crippen LogP contribution in [0.2, 0.25) is 0 Å². The molecule has 0 aliphatic heterocycles. The maximum atomic E-state index is 9.61. The van der Waals surface area contributed by atoms with Crippen LogP contribution in [0.1, 0.15) is 19.7 Å². The number of nitrogens with zero attached hydrogens (tertiary/aromatic N) is 4. The summed E-state index contributed by atoms with van der Waals surface area (Å²) >= 11 is 0. The van der Waals surface area contributed by atoms with Crippen LogP contribution in [0.5, 0.6) is 0 Å². The lowest BCUT2D eigenvalue weighted by atomic mass is 10.1. The highest BCUT2D eigenvalue weighted by atomic mass is 16.5. The summed E-state index contributed by atoms with van der Waals surface area (Å²) in [5.74, 6) is 1.67. The number of nitrogen functional groups attached to an aromatic ring is 1. The normalized spacial score (nSPS) is 12.1. The van der Waals surface area contributed by atoms with Crippen LogP contribution in [0.25, 0.3) is 21.9 Å². The third-order valence-electron chi connectivity index (χ3n) is 3.61. The maximum Gasteiger partial charge on any atom is 0.152 e. The number of rotatable bonds is 4. The smallest absolute Gasteiger partial charge is 0.152 e. The summed E-state index contributed by atoms with van der Waals surface area (Å²) < 4.78 is 2.15. The van der Waals surface area contributed by atoms with E-state index >= 15 is 0 Å². The Bertz CT molecular complexity index is 822. The first-order valence-electron chi connectivity index (χ1n) is 7.40. The molecule has 0 spiro atoms. The Morgan fingerprint density at radius 3 is 2.68 bits per heavy atom. The van der Waals surface area contributed by atoms with Gasteiger partial charge in [-0.1, -0.05) is 32.0 Å². The van der Waals surface area contributed by atoms with E-state index in [1.807, 2.05) is 24.3 Å². The summed E-state index contributed by atoms with van der Waals surface area (Å²) in [6.45, 7) is 5.47. The molecule has 116 valence electrons. The van der Waals surface area contributed by atoms with Gasteiger partial charge in [-0.25, -0.2) is 9.97 Å². The number of hydroxylamine groups is 2. The molecule has 0 saturated carbocycles. The fourth-order valence-electron chi connectivity index (χ4n) is 2.79. The van der Waals surface area contributed by atoms with Gasteiger partial charge in [-0.15, -0.1) is 0 Å². The van der Waals surface area contributed by atoms with E-state index in [1.165, 1.54) is 0 Å². The number of hydrogen-bond donors (Lipinski definition) is 2. The minimum atomic E-state index is 0.342. The van der Waals surface area contributed by atoms with Crippen LogP contribution >= 0.6 is 0 Å². The lowest BCUT2D eigenvalue weighted by molar-refractivity contribution is -0.0757. The van der Waals surface area contributed by atoms with E-state index in [4.69, 9.17) is 5.73 Å². The molecule has 1 aromatic carbocycles. The molecule has 0 saturated heterocycles. The Balaban J connectivity index is 2.37. The largest absolute Gasteiger partial charge is 0.382 e. The van der Waals surface area contributed by atoms with Crippen molar-refractivity contribution in [3.05, 3.63) is 30.1 Å². The molecule has 0 aliphatic rings. The minimum absolute atomic E-state index is 0.342. The predicted octanol–water partition coefficient (Wildman–Crippen LogP) is 2.64. The Hall–Kier alpha value is -2.18. The zero-order valence-electron chi connectivity index (χ0n) is 13.1. The number of para-hydroxylation sites is 1. The van der Waals surface area contributed by atoms with Crippen LogP contribution < -0.4 is 5.73 Å². The number of pyridine rings is 1. The molecule has 2 heterocycles. The van der Waals surface area contributed by atoms with Gasteiger partial charge in [0.15, 0.2) is 5.82 Å². The van der Waals surface area contributed by atoms with Gasteiger partial charge < -0.3 is 15.5 Å². The molecule has 6 nitrogen and oxygen atoms in total. The van der Waals surface area contributed by atoms with E-state index in [2.05, 4.69) is 28.4 Å². The van der Waals surface area contributed by atoms with E-state index in [0.717, 1.165) is 33.9 Å². The molecule has 2 aromatic heterocycles. The standard InChI is InChI=1S/C16H21N5O/c1-10(2)8-21-13(9-20(3)22)19-14-15(21)11-6-4-5-7-12(11)18-16(14)17/h4-7,10,22H,8-9H2,1-3H3,(H2,17,18). The average molecular weight is 299 g/mol. The monoisotopic (exact) mass is 299 g/mol. The molecule has 0 unspecified atom stereocenters. The molecule has 0 radical (unpaired) electrons. The maximum absolute atomic E-state index is 9.61. The van der Waals surface area contributed by atoms with E-state index in [1.54, 1.807) is 7.05 Å². The van der Waals surface area contributed by atoms with Crippen molar-refractivity contribution in [2.24, 2.45) is 5.92 Å². The predicted molar refractivity (Wildman–Crippen MR) is 87.5 cm³/mol. The summed E-state index contributed by atoms with van der Waals surface area (Å²) in [5.41, 5.74) is 8.66. The minimum Gasteiger partial charge on any atom is -0.382 e. The number of fused-ring (bicyclic) bond motifs is 3. The molecule has 0 aliphatic carbocycles. The second-order valence-electron chi connectivity index (χ2n) is 6.06. The molecule has 0 fully saturated rings. The molecular weight excluding hydrogens is 278 g/mol. The van der Waals surface area contributed by atoms with Crippen molar-refractivity contribution < 1.29 is 5.21 Å². The van der Waals surface area contributed by atoms with Gasteiger partial charge >= 0.3 is 0 Å². The van der Waals surface area contributed by atoms with Crippen LogP contribution in [-0.4, -0.2) is 31.9 Å². The van der Waals surface area contributed by atoms with Crippen LogP contribution in [0, 0.1) is 5.92 Å². The number of aromatic nitrogens is 3. The summed E-state index contributed by atoms with van der Waals surface area (Å²) in [5, 5.41) is 11.8. The topological polar surface area (TPSA) is 80.2 Å². The number of nitrogens with two attached hydrogens (primary N) is 1. The van der Waals surface area contributed by atoms with Crippen LogP contribution in [0.15, 0.2) is 24.3 Å². The van der Waals surface area contributed by atoms with E-state index in [9.17, 15) is 5.21 Å². The third-order valence-corrected chi connectivity index (χ3v) is 3.61. The Labute approximate surface area is 129 Å². The quantitative estimate of drug-likeness (QED) is 0.724. The van der Waals surface area contributed by atoms with Crippen molar-refractivity contribution in [1.82, 2.24) is 19.6 Å². The summed E-state index contributed by atoms with van der Waals surface area (Å²) in [6.07, 6.45) is 0. The van der Waals surface area contributed by atoms with Crippen LogP contribution in [0.3, 0.4) is 0 Å². The van der Waals surface area contributed by atoms with Gasteiger partial charge in [0.25, 0.3) is 0 Å². The Kier molecular flexibility index (Phi) is 3.72. The molecule has 0 amide bonds. The van der Waals surface area contributed by atoms with Crippen molar-refractivity contribution in [3.63, 3.8) is 0 Å². The third kappa shape index (κ3) is 2.51. The highest BCUT2D eigenvalue weighted by Gasteiger charge is 2.18. The van der Waals surface area contributed by atoms with Crippen molar-refractivity contribution in [3.8, 4) is 0 Å². The molecule has 3 rings (SSSR count). The zero-order chi connectivity index (χ0) is 15.9. The lowest BCUT2D eigenvalue weighted by Gasteiger charge is -2.14. The van der Waals surface area contributed by atoms with Gasteiger partial charge in [0.2, 0.25) is 0 Å². The Morgan fingerprint density at radius 1 is 1.27 bits per heavy atom. The van der Waals surface area contributed by atoms with Gasteiger partial charge in [0, 0.05) is 19.0 Å². The average Bonchev–Trinajstić information content (AvgIpc) is 2.77. The second kappa shape index (κ2) is 5.55. The highest BCUT2D eigenvalue weighted by Crippen LogP contribution is 2.29. The SMILES string of the molecule is CC(C)Cn1c(CN(C)O)nc2c(N)nc3ccccc3c21. The zero-order valence-corrected chi connectivity index (χ0v) is 13.1. The molecular formula is C16H21N5O. The van der Waals surface area contributed by atoms with Gasteiger partial charge in [-0.3, -0.25) is 0 Å². The molecule has 0 atom stereocenters. The van der Waals surface area contributed by atoms with Gasteiger partial charge in [0.1, 0.15) is 11.3 Å². The fourth-order valence-corrected chi connectivity index (χ4v) is 2.79. The Morgan fingerprint density at radius 2 is 2.00 bits per heavy atom. The number of imidazole rings is 1. The molecule has 22 heavy (non-hydrogen) atoms. The summed E-state index contributed by atoms with van der Waals surface area (Å²) in [4.78, 5) is 9.07. The first-order chi connectivity index (χ1) is 10.5. The summed E-state index contributed by atoms with van der Waals surface area (Å²) in [7, 11) is 1.61. The lowest BCUT2D eigenvalue weighted by Crippen LogP contribution is -2.17. The van der Waals surface area contributed by atoms with Crippen molar-refractivity contribution in [1.29, 1.82) is 0 Å². The van der Waals surface area contributed by atoms with Crippen molar-refractivity contribution in [2.45, 2.75) is 26.9 Å². The van der Waals surface area contributed by atoms with Crippen molar-refractivity contribution >= 4 is 27.8 Å². The van der Waals surface area contributed by atoms with E-state index < -0.39 is 0 Å². The number of anilines is 1. The first kappa shape index (κ1) is 14.7. The number of benzene rings is 1. The second-order valence-corrected chi connectivity index (χ2v) is 6.06.